The lowest BCUT2D eigenvalue weighted by Gasteiger charge is -2.32. The zero-order chi connectivity index (χ0) is 29.4. The Labute approximate surface area is 250 Å². The van der Waals surface area contributed by atoms with Gasteiger partial charge in [0.15, 0.2) is 0 Å². The highest BCUT2D eigenvalue weighted by Gasteiger charge is 2.33. The molecule has 4 aromatic rings. The second kappa shape index (κ2) is 13.9. The van der Waals surface area contributed by atoms with Gasteiger partial charge in [-0.15, -0.1) is 0 Å². The molecule has 0 saturated carbocycles. The smallest absolute Gasteiger partial charge is 0.243 e. The largest absolute Gasteiger partial charge is 0.354 e. The zero-order valence-corrected chi connectivity index (χ0v) is 25.6. The van der Waals surface area contributed by atoms with E-state index in [-0.39, 0.29) is 17.3 Å². The number of amides is 2. The third-order valence-electron chi connectivity index (χ3n) is 6.87. The van der Waals surface area contributed by atoms with Crippen molar-refractivity contribution in [2.45, 2.75) is 37.2 Å². The van der Waals surface area contributed by atoms with Crippen LogP contribution in [0.3, 0.4) is 0 Å². The predicted molar refractivity (Wildman–Crippen MR) is 166 cm³/mol. The van der Waals surface area contributed by atoms with E-state index < -0.39 is 28.5 Å². The third kappa shape index (κ3) is 7.81. The fourth-order valence-electron chi connectivity index (χ4n) is 4.58. The van der Waals surface area contributed by atoms with Crippen LogP contribution in [0.2, 0.25) is 0 Å². The Morgan fingerprint density at radius 3 is 2.20 bits per heavy atom. The van der Waals surface area contributed by atoms with Gasteiger partial charge in [-0.2, -0.15) is 4.31 Å². The summed E-state index contributed by atoms with van der Waals surface area (Å²) in [6.07, 6.45) is 1.04. The van der Waals surface area contributed by atoms with Gasteiger partial charge < -0.3 is 10.2 Å². The Morgan fingerprint density at radius 1 is 0.854 bits per heavy atom. The number of fused-ring (bicyclic) bond motifs is 1. The average Bonchev–Trinajstić information content (AvgIpc) is 2.98. The van der Waals surface area contributed by atoms with Gasteiger partial charge in [0.25, 0.3) is 0 Å². The highest BCUT2D eigenvalue weighted by atomic mass is 79.9. The monoisotopic (exact) mass is 635 g/mol. The number of hydrogen-bond donors (Lipinski definition) is 1. The number of benzene rings is 4. The zero-order valence-electron chi connectivity index (χ0n) is 23.2. The molecule has 0 heterocycles. The van der Waals surface area contributed by atoms with Gasteiger partial charge >= 0.3 is 0 Å². The Balaban J connectivity index is 1.65. The summed E-state index contributed by atoms with van der Waals surface area (Å²) in [5.74, 6) is -0.742. The minimum absolute atomic E-state index is 0.104. The quantitative estimate of drug-likeness (QED) is 0.226. The normalized spacial score (nSPS) is 12.3. The molecule has 214 valence electrons. The summed E-state index contributed by atoms with van der Waals surface area (Å²) >= 11 is 3.44. The number of nitrogens with zero attached hydrogens (tertiary/aromatic N) is 2. The summed E-state index contributed by atoms with van der Waals surface area (Å²) in [7, 11) is -2.58. The molecule has 0 aliphatic carbocycles. The highest BCUT2D eigenvalue weighted by Crippen LogP contribution is 2.22. The summed E-state index contributed by atoms with van der Waals surface area (Å²) in [5, 5.41) is 4.65. The molecule has 0 aliphatic rings. The maximum atomic E-state index is 14.0. The minimum Gasteiger partial charge on any atom is -0.354 e. The number of likely N-dealkylation sites (N-methyl/N-ethyl adjacent to an activating group) is 1. The van der Waals surface area contributed by atoms with Crippen LogP contribution in [0.1, 0.15) is 24.5 Å². The van der Waals surface area contributed by atoms with Crippen LogP contribution < -0.4 is 5.32 Å². The SMILES string of the molecule is CCCNC(=O)[C@H](Cc1ccccc1)N(Cc1ccc(Br)cc1)C(=O)CN(C)S(=O)(=O)c1ccc2ccccc2c1. The summed E-state index contributed by atoms with van der Waals surface area (Å²) in [6, 6.07) is 28.6. The van der Waals surface area contributed by atoms with Crippen molar-refractivity contribution in [3.63, 3.8) is 0 Å². The van der Waals surface area contributed by atoms with Crippen molar-refractivity contribution in [2.24, 2.45) is 0 Å². The van der Waals surface area contributed by atoms with Gasteiger partial charge in [0.05, 0.1) is 11.4 Å². The highest BCUT2D eigenvalue weighted by molar-refractivity contribution is 9.10. The van der Waals surface area contributed by atoms with Gasteiger partial charge in [-0.1, -0.05) is 95.7 Å². The van der Waals surface area contributed by atoms with Gasteiger partial charge in [-0.3, -0.25) is 9.59 Å². The molecule has 0 saturated heterocycles. The van der Waals surface area contributed by atoms with Crippen molar-refractivity contribution in [3.05, 3.63) is 113 Å². The first-order chi connectivity index (χ1) is 19.7. The van der Waals surface area contributed by atoms with Crippen molar-refractivity contribution in [2.75, 3.05) is 20.1 Å². The standard InChI is InChI=1S/C32H34BrN3O4S/c1-3-19-34-32(38)30(20-24-9-5-4-6-10-24)36(22-25-13-16-28(33)17-14-25)31(37)23-35(2)41(39,40)29-18-15-26-11-7-8-12-27(26)21-29/h4-18,21,30H,3,19-20,22-23H2,1-2H3,(H,34,38)/t30-/m0/s1. The van der Waals surface area contributed by atoms with E-state index in [0.717, 1.165) is 37.1 Å². The molecule has 9 heteroatoms. The summed E-state index contributed by atoms with van der Waals surface area (Å²) < 4.78 is 29.0. The van der Waals surface area contributed by atoms with Crippen molar-refractivity contribution in [1.82, 2.24) is 14.5 Å². The van der Waals surface area contributed by atoms with Crippen LogP contribution >= 0.6 is 15.9 Å². The van der Waals surface area contributed by atoms with E-state index in [2.05, 4.69) is 21.2 Å². The van der Waals surface area contributed by atoms with E-state index in [9.17, 15) is 18.0 Å². The van der Waals surface area contributed by atoms with Gasteiger partial charge in [-0.05, 0) is 52.6 Å². The first kappa shape index (κ1) is 30.4. The molecule has 2 amide bonds. The maximum Gasteiger partial charge on any atom is 0.243 e. The predicted octanol–water partition coefficient (Wildman–Crippen LogP) is 5.39. The van der Waals surface area contributed by atoms with E-state index in [0.29, 0.717) is 13.0 Å². The average molecular weight is 637 g/mol. The molecule has 0 aromatic heterocycles. The lowest BCUT2D eigenvalue weighted by atomic mass is 10.0. The summed E-state index contributed by atoms with van der Waals surface area (Å²) in [6.45, 7) is 2.16. The molecule has 4 rings (SSSR count). The van der Waals surface area contributed by atoms with Crippen LogP contribution in [0.4, 0.5) is 0 Å². The molecular formula is C32H34BrN3O4S. The molecule has 0 aliphatic heterocycles. The first-order valence-corrected chi connectivity index (χ1v) is 15.7. The van der Waals surface area contributed by atoms with Gasteiger partial charge in [0.2, 0.25) is 21.8 Å². The van der Waals surface area contributed by atoms with Crippen LogP contribution in [0, 0.1) is 0 Å². The molecule has 0 radical (unpaired) electrons. The maximum absolute atomic E-state index is 14.0. The molecular weight excluding hydrogens is 602 g/mol. The summed E-state index contributed by atoms with van der Waals surface area (Å²) in [5.41, 5.74) is 1.72. The number of halogens is 1. The fraction of sp³-hybridized carbons (Fsp3) is 0.250. The van der Waals surface area contributed by atoms with Crippen LogP contribution in [0.5, 0.6) is 0 Å². The van der Waals surface area contributed by atoms with E-state index in [4.69, 9.17) is 0 Å². The van der Waals surface area contributed by atoms with Crippen LogP contribution in [-0.4, -0.2) is 55.6 Å². The Morgan fingerprint density at radius 2 is 1.51 bits per heavy atom. The molecule has 0 fully saturated rings. The number of carbonyl (C=O) groups excluding carboxylic acids is 2. The fourth-order valence-corrected chi connectivity index (χ4v) is 6.00. The lowest BCUT2D eigenvalue weighted by Crippen LogP contribution is -2.53. The molecule has 41 heavy (non-hydrogen) atoms. The van der Waals surface area contributed by atoms with Crippen molar-refractivity contribution >= 4 is 48.5 Å². The molecule has 1 atom stereocenters. The number of rotatable bonds is 12. The minimum atomic E-state index is -3.98. The topological polar surface area (TPSA) is 86.8 Å². The van der Waals surface area contributed by atoms with E-state index in [1.54, 1.807) is 18.2 Å². The van der Waals surface area contributed by atoms with Crippen molar-refractivity contribution < 1.29 is 18.0 Å². The van der Waals surface area contributed by atoms with Crippen molar-refractivity contribution in [3.8, 4) is 0 Å². The number of carbonyl (C=O) groups is 2. The van der Waals surface area contributed by atoms with Crippen LogP contribution in [0.25, 0.3) is 10.8 Å². The van der Waals surface area contributed by atoms with Crippen LogP contribution in [0.15, 0.2) is 106 Å². The Bertz CT molecular complexity index is 1590. The second-order valence-electron chi connectivity index (χ2n) is 9.91. The molecule has 0 bridgehead atoms. The number of nitrogens with one attached hydrogen (secondary N) is 1. The first-order valence-electron chi connectivity index (χ1n) is 13.5. The van der Waals surface area contributed by atoms with Crippen molar-refractivity contribution in [1.29, 1.82) is 0 Å². The molecule has 4 aromatic carbocycles. The van der Waals surface area contributed by atoms with Crippen LogP contribution in [-0.2, 0) is 32.6 Å². The lowest BCUT2D eigenvalue weighted by molar-refractivity contribution is -0.141. The van der Waals surface area contributed by atoms with Gasteiger partial charge in [0.1, 0.15) is 6.04 Å². The van der Waals surface area contributed by atoms with Gasteiger partial charge in [0, 0.05) is 31.0 Å². The molecule has 7 nitrogen and oxygen atoms in total. The molecule has 1 N–H and O–H groups in total. The van der Waals surface area contributed by atoms with E-state index >= 15 is 0 Å². The van der Waals surface area contributed by atoms with E-state index in [1.165, 1.54) is 11.9 Å². The second-order valence-corrected chi connectivity index (χ2v) is 12.9. The summed E-state index contributed by atoms with van der Waals surface area (Å²) in [4.78, 5) is 29.0. The molecule has 0 spiro atoms. The van der Waals surface area contributed by atoms with E-state index in [1.807, 2.05) is 85.8 Å². The Hall–Kier alpha value is -3.53. The third-order valence-corrected chi connectivity index (χ3v) is 9.20. The number of hydrogen-bond acceptors (Lipinski definition) is 4. The van der Waals surface area contributed by atoms with Gasteiger partial charge in [-0.25, -0.2) is 8.42 Å². The number of sulfonamides is 1. The Kier molecular flexibility index (Phi) is 10.3. The molecule has 0 unspecified atom stereocenters.